The number of esters is 2. The molecule has 0 bridgehead atoms. The maximum atomic E-state index is 12.4. The third-order valence-electron chi connectivity index (χ3n) is 9.80. The maximum absolute atomic E-state index is 12.4. The van der Waals surface area contributed by atoms with Crippen LogP contribution in [0.5, 0.6) is 0 Å². The molecule has 1 aliphatic heterocycles. The van der Waals surface area contributed by atoms with Crippen LogP contribution in [-0.4, -0.2) is 59.2 Å². The van der Waals surface area contributed by atoms with E-state index in [4.69, 9.17) is 9.47 Å². The molecule has 6 heteroatoms. The second-order valence-corrected chi connectivity index (χ2v) is 13.5. The molecule has 3 aliphatic carbocycles. The Bertz CT molecular complexity index is 915. The molecule has 4 rings (SSSR count). The molecule has 0 spiro atoms. The van der Waals surface area contributed by atoms with Crippen molar-refractivity contribution in [3.05, 3.63) is 11.6 Å². The van der Waals surface area contributed by atoms with Gasteiger partial charge >= 0.3 is 11.9 Å². The highest BCUT2D eigenvalue weighted by atomic mass is 32.2. The first-order valence-corrected chi connectivity index (χ1v) is 16.7. The first kappa shape index (κ1) is 25.7. The lowest BCUT2D eigenvalue weighted by atomic mass is 9.76. The maximum Gasteiger partial charge on any atom is 0.345 e. The van der Waals surface area contributed by atoms with E-state index in [1.807, 2.05) is 0 Å². The number of hydrogen-bond donors (Lipinski definition) is 0. The van der Waals surface area contributed by atoms with Crippen LogP contribution in [0.3, 0.4) is 0 Å². The number of nitrogens with zero attached hydrogens (tertiary/aromatic N) is 1. The lowest BCUT2D eigenvalue weighted by Gasteiger charge is -2.50. The van der Waals surface area contributed by atoms with Crippen LogP contribution in [0.1, 0.15) is 129 Å². The van der Waals surface area contributed by atoms with E-state index < -0.39 is 43.4 Å². The molecule has 0 radical (unpaired) electrons. The first-order chi connectivity index (χ1) is 20.6. The summed E-state index contributed by atoms with van der Waals surface area (Å²) >= 11 is 1.58. The fourth-order valence-corrected chi connectivity index (χ4v) is 8.94. The van der Waals surface area contributed by atoms with Crippen LogP contribution in [0.2, 0.25) is 0 Å². The first-order valence-electron chi connectivity index (χ1n) is 18.0. The van der Waals surface area contributed by atoms with Gasteiger partial charge in [-0.3, -0.25) is 4.90 Å². The molecule has 4 fully saturated rings. The van der Waals surface area contributed by atoms with Crippen LogP contribution in [0, 0.1) is 17.8 Å². The number of methoxy groups -OCH3 is 1. The largest absolute Gasteiger partial charge is 0.465 e. The van der Waals surface area contributed by atoms with Crippen molar-refractivity contribution >= 4 is 23.7 Å². The molecule has 3 saturated carbocycles. The Labute approximate surface area is 248 Å². The molecule has 0 aromatic carbocycles. The zero-order valence-corrected chi connectivity index (χ0v) is 25.5. The van der Waals surface area contributed by atoms with Crippen molar-refractivity contribution in [1.29, 1.82) is 0 Å². The summed E-state index contributed by atoms with van der Waals surface area (Å²) in [6, 6.07) is 0.315. The molecule has 39 heavy (non-hydrogen) atoms. The molecule has 1 heterocycles. The Morgan fingerprint density at radius 3 is 1.85 bits per heavy atom. The highest BCUT2D eigenvalue weighted by molar-refractivity contribution is 8.00. The van der Waals surface area contributed by atoms with E-state index in [9.17, 15) is 15.1 Å². The summed E-state index contributed by atoms with van der Waals surface area (Å²) < 4.78 is 47.4. The number of hydrogen-bond acceptors (Lipinski definition) is 6. The van der Waals surface area contributed by atoms with Crippen molar-refractivity contribution in [2.75, 3.05) is 13.7 Å². The van der Waals surface area contributed by atoms with Gasteiger partial charge < -0.3 is 9.47 Å². The van der Waals surface area contributed by atoms with Crippen molar-refractivity contribution in [3.63, 3.8) is 0 Å². The van der Waals surface area contributed by atoms with Gasteiger partial charge in [-0.15, -0.1) is 0 Å². The van der Waals surface area contributed by atoms with Gasteiger partial charge in [0.2, 0.25) is 0 Å². The minimum absolute atomic E-state index is 0.0672. The molecular formula is C33H55NO4S. The van der Waals surface area contributed by atoms with Crippen LogP contribution in [0.15, 0.2) is 11.6 Å². The normalized spacial score (nSPS) is 45.1. The molecule has 1 saturated heterocycles. The Morgan fingerprint density at radius 1 is 0.795 bits per heavy atom. The minimum Gasteiger partial charge on any atom is -0.465 e. The van der Waals surface area contributed by atoms with E-state index in [-0.39, 0.29) is 28.7 Å². The van der Waals surface area contributed by atoms with E-state index in [1.54, 1.807) is 24.8 Å². The van der Waals surface area contributed by atoms with Gasteiger partial charge in [-0.1, -0.05) is 26.7 Å². The van der Waals surface area contributed by atoms with Crippen molar-refractivity contribution in [2.45, 2.75) is 152 Å². The molecule has 0 amide bonds. The number of thioether (sulfide) groups is 1. The minimum atomic E-state index is -0.749. The summed E-state index contributed by atoms with van der Waals surface area (Å²) in [7, 11) is 1.24. The summed E-state index contributed by atoms with van der Waals surface area (Å²) in [4.78, 5) is 27.3. The molecule has 5 nitrogen and oxygen atoms in total. The third kappa shape index (κ3) is 8.05. The lowest BCUT2D eigenvalue weighted by Crippen LogP contribution is -2.53. The predicted molar refractivity (Wildman–Crippen MR) is 161 cm³/mol. The number of carbonyl (C=O) groups is 2. The molecular weight excluding hydrogens is 506 g/mol. The van der Waals surface area contributed by atoms with Crippen LogP contribution in [0.4, 0.5) is 0 Å². The zero-order chi connectivity index (χ0) is 31.3. The third-order valence-corrected chi connectivity index (χ3v) is 11.4. The highest BCUT2D eigenvalue weighted by Gasteiger charge is 2.40. The average molecular weight is 566 g/mol. The van der Waals surface area contributed by atoms with Gasteiger partial charge in [0.25, 0.3) is 0 Å². The van der Waals surface area contributed by atoms with E-state index in [0.29, 0.717) is 18.5 Å². The summed E-state index contributed by atoms with van der Waals surface area (Å²) in [5.41, 5.74) is -0.112. The SMILES string of the molecule is [2H]C1C([2H])C(N(C2CCC(CC)CC2)C2CCC(CC)CC2)C([2H])C([2H])C1C1CCC(/C=C(\C(=O)OC)C(=O)OCC)S1. The summed E-state index contributed by atoms with van der Waals surface area (Å²) in [5, 5.41) is -0.213. The van der Waals surface area contributed by atoms with Crippen LogP contribution >= 0.6 is 11.8 Å². The Hall–Kier alpha value is -1.01. The van der Waals surface area contributed by atoms with Crippen LogP contribution in [-0.2, 0) is 19.1 Å². The smallest absolute Gasteiger partial charge is 0.345 e. The molecule has 0 aromatic heterocycles. The predicted octanol–water partition coefficient (Wildman–Crippen LogP) is 7.71. The molecule has 6 unspecified atom stereocenters. The van der Waals surface area contributed by atoms with Crippen LogP contribution in [0.25, 0.3) is 0 Å². The number of carbonyl (C=O) groups excluding carboxylic acids is 2. The quantitative estimate of drug-likeness (QED) is 0.117. The standard InChI is InChI=1S/C33H55NO4S/c1-5-23-8-14-26(15-9-23)34(27-16-10-24(6-2)11-17-27)28-18-12-25(13-19-28)31-21-20-29(39-31)22-30(32(35)37-4)33(36)38-7-3/h22-29,31H,5-21H2,1-4H3/b30-22+/i12D,13D,18D,19D. The van der Waals surface area contributed by atoms with E-state index in [1.165, 1.54) is 45.6 Å². The van der Waals surface area contributed by atoms with Crippen molar-refractivity contribution in [1.82, 2.24) is 4.90 Å². The van der Waals surface area contributed by atoms with Gasteiger partial charge in [0.1, 0.15) is 5.57 Å². The van der Waals surface area contributed by atoms with Gasteiger partial charge in [-0.25, -0.2) is 9.59 Å². The Morgan fingerprint density at radius 2 is 1.36 bits per heavy atom. The highest BCUT2D eigenvalue weighted by Crippen LogP contribution is 2.46. The molecule has 4 aliphatic rings. The molecule has 0 N–H and O–H groups in total. The Kier molecular flexibility index (Phi) is 10.1. The topological polar surface area (TPSA) is 55.8 Å². The van der Waals surface area contributed by atoms with Crippen molar-refractivity contribution in [3.8, 4) is 0 Å². The number of ether oxygens (including phenoxy) is 2. The zero-order valence-electron chi connectivity index (χ0n) is 28.7. The fraction of sp³-hybridized carbons (Fsp3) is 0.879. The summed E-state index contributed by atoms with van der Waals surface area (Å²) in [6.45, 7) is 6.40. The van der Waals surface area contributed by atoms with Crippen molar-refractivity contribution in [2.24, 2.45) is 17.8 Å². The molecule has 222 valence electrons. The van der Waals surface area contributed by atoms with Gasteiger partial charge in [-0.05, 0) is 121 Å². The van der Waals surface area contributed by atoms with Crippen molar-refractivity contribution < 1.29 is 24.5 Å². The van der Waals surface area contributed by atoms with Crippen LogP contribution < -0.4 is 0 Å². The van der Waals surface area contributed by atoms with Gasteiger partial charge in [0.15, 0.2) is 0 Å². The number of rotatable bonds is 10. The van der Waals surface area contributed by atoms with Gasteiger partial charge in [-0.2, -0.15) is 11.8 Å². The Balaban J connectivity index is 1.52. The van der Waals surface area contributed by atoms with Gasteiger partial charge in [0, 0.05) is 34.1 Å². The molecule has 0 aromatic rings. The average Bonchev–Trinajstić information content (AvgIpc) is 3.49. The van der Waals surface area contributed by atoms with E-state index >= 15 is 0 Å². The van der Waals surface area contributed by atoms with E-state index in [0.717, 1.165) is 43.9 Å². The lowest BCUT2D eigenvalue weighted by molar-refractivity contribution is -0.145. The second kappa shape index (κ2) is 15.3. The van der Waals surface area contributed by atoms with E-state index in [2.05, 4.69) is 18.7 Å². The monoisotopic (exact) mass is 565 g/mol. The van der Waals surface area contributed by atoms with Gasteiger partial charge in [0.05, 0.1) is 13.7 Å². The summed E-state index contributed by atoms with van der Waals surface area (Å²) in [6.07, 6.45) is 11.7. The summed E-state index contributed by atoms with van der Waals surface area (Å²) in [5.74, 6) is -0.295. The second-order valence-electron chi connectivity index (χ2n) is 12.0. The fourth-order valence-electron chi connectivity index (χ4n) is 7.37. The molecule has 6 atom stereocenters.